The van der Waals surface area contributed by atoms with Gasteiger partial charge >= 0.3 is 5.97 Å². The molecule has 0 bridgehead atoms. The molecule has 0 saturated carbocycles. The van der Waals surface area contributed by atoms with Crippen LogP contribution in [0.3, 0.4) is 0 Å². The first kappa shape index (κ1) is 17.5. The molecule has 0 aliphatic carbocycles. The first-order valence-corrected chi connectivity index (χ1v) is 7.32. The number of rotatable bonds is 12. The summed E-state index contributed by atoms with van der Waals surface area (Å²) in [5, 5.41) is 8.74. The van der Waals surface area contributed by atoms with Crippen LogP contribution in [0.25, 0.3) is 0 Å². The molecule has 0 atom stereocenters. The van der Waals surface area contributed by atoms with Crippen LogP contribution in [-0.4, -0.2) is 51.1 Å². The molecule has 0 radical (unpaired) electrons. The Balaban J connectivity index is 2.35. The minimum absolute atomic E-state index is 0.192. The zero-order valence-electron chi connectivity index (χ0n) is 12.7. The van der Waals surface area contributed by atoms with Crippen molar-refractivity contribution in [3.63, 3.8) is 0 Å². The first-order chi connectivity index (χ1) is 10.2. The lowest BCUT2D eigenvalue weighted by Gasteiger charge is -2.24. The number of carboxylic acid groups (broad SMARTS) is 1. The van der Waals surface area contributed by atoms with Crippen LogP contribution >= 0.6 is 0 Å². The van der Waals surface area contributed by atoms with Gasteiger partial charge in [0.25, 0.3) is 0 Å². The monoisotopic (exact) mass is 295 g/mol. The molecular formula is C16H25NO4. The molecule has 0 spiro atoms. The normalized spacial score (nSPS) is 10.5. The number of hydrogen-bond donors (Lipinski definition) is 1. The summed E-state index contributed by atoms with van der Waals surface area (Å²) in [6.45, 7) is 3.51. The van der Waals surface area contributed by atoms with Crippen molar-refractivity contribution in [2.24, 2.45) is 0 Å². The van der Waals surface area contributed by atoms with Gasteiger partial charge in [0.15, 0.2) is 0 Å². The summed E-state index contributed by atoms with van der Waals surface area (Å²) in [6, 6.07) is 10.0. The Morgan fingerprint density at radius 1 is 1.10 bits per heavy atom. The molecule has 0 fully saturated rings. The van der Waals surface area contributed by atoms with Gasteiger partial charge in [-0.15, -0.1) is 0 Å². The lowest BCUT2D eigenvalue weighted by Crippen LogP contribution is -2.29. The molecule has 0 aliphatic heterocycles. The highest BCUT2D eigenvalue weighted by Gasteiger charge is 2.07. The second kappa shape index (κ2) is 11.1. The number of carbonyl (C=O) groups is 1. The van der Waals surface area contributed by atoms with E-state index in [1.807, 2.05) is 30.3 Å². The highest BCUT2D eigenvalue weighted by Crippen LogP contribution is 2.13. The van der Waals surface area contributed by atoms with Crippen molar-refractivity contribution in [3.05, 3.63) is 30.3 Å². The number of anilines is 1. The number of hydrogen-bond acceptors (Lipinski definition) is 4. The van der Waals surface area contributed by atoms with Crippen LogP contribution in [0, 0.1) is 0 Å². The van der Waals surface area contributed by atoms with E-state index >= 15 is 0 Å². The summed E-state index contributed by atoms with van der Waals surface area (Å²) in [5.41, 5.74) is 1.10. The summed E-state index contributed by atoms with van der Waals surface area (Å²) >= 11 is 0. The predicted octanol–water partition coefficient (Wildman–Crippen LogP) is 2.41. The second-order valence-electron chi connectivity index (χ2n) is 4.78. The summed E-state index contributed by atoms with van der Waals surface area (Å²) < 4.78 is 10.5. The van der Waals surface area contributed by atoms with Gasteiger partial charge in [-0.25, -0.2) is 0 Å². The highest BCUT2D eigenvalue weighted by molar-refractivity contribution is 5.66. The van der Waals surface area contributed by atoms with Gasteiger partial charge in [-0.2, -0.15) is 0 Å². The lowest BCUT2D eigenvalue weighted by molar-refractivity contribution is -0.137. The van der Waals surface area contributed by atoms with Crippen LogP contribution < -0.4 is 4.90 Å². The van der Waals surface area contributed by atoms with Crippen LogP contribution in [0.15, 0.2) is 30.3 Å². The molecule has 1 aromatic carbocycles. The summed E-state index contributed by atoms with van der Waals surface area (Å²) in [5.74, 6) is -0.751. The Labute approximate surface area is 126 Å². The zero-order chi connectivity index (χ0) is 15.3. The largest absolute Gasteiger partial charge is 0.481 e. The minimum Gasteiger partial charge on any atom is -0.481 e. The van der Waals surface area contributed by atoms with Gasteiger partial charge in [-0.05, 0) is 25.0 Å². The molecule has 0 aromatic heterocycles. The third-order valence-corrected chi connectivity index (χ3v) is 3.08. The molecule has 0 unspecified atom stereocenters. The van der Waals surface area contributed by atoms with Gasteiger partial charge in [0.1, 0.15) is 0 Å². The molecule has 118 valence electrons. The van der Waals surface area contributed by atoms with Crippen molar-refractivity contribution in [2.75, 3.05) is 44.9 Å². The van der Waals surface area contributed by atoms with Crippen molar-refractivity contribution in [2.45, 2.75) is 19.3 Å². The molecule has 5 nitrogen and oxygen atoms in total. The van der Waals surface area contributed by atoms with Crippen molar-refractivity contribution in [1.82, 2.24) is 0 Å². The Hall–Kier alpha value is -1.59. The molecular weight excluding hydrogens is 270 g/mol. The maximum atomic E-state index is 10.6. The number of nitrogens with zero attached hydrogens (tertiary/aromatic N) is 1. The van der Waals surface area contributed by atoms with Gasteiger partial charge in [-0.3, -0.25) is 4.79 Å². The molecule has 21 heavy (non-hydrogen) atoms. The molecule has 0 aliphatic rings. The third kappa shape index (κ3) is 8.32. The van der Waals surface area contributed by atoms with Crippen LogP contribution in [0.2, 0.25) is 0 Å². The van der Waals surface area contributed by atoms with E-state index in [0.29, 0.717) is 26.2 Å². The van der Waals surface area contributed by atoms with Gasteiger partial charge in [-0.1, -0.05) is 18.2 Å². The Morgan fingerprint density at radius 2 is 1.86 bits per heavy atom. The Kier molecular flexibility index (Phi) is 9.24. The van der Waals surface area contributed by atoms with Gasteiger partial charge in [0, 0.05) is 45.5 Å². The molecule has 5 heteroatoms. The maximum absolute atomic E-state index is 10.6. The van der Waals surface area contributed by atoms with Gasteiger partial charge in [0.2, 0.25) is 0 Å². The second-order valence-corrected chi connectivity index (χ2v) is 4.78. The van der Waals surface area contributed by atoms with E-state index in [4.69, 9.17) is 14.6 Å². The van der Waals surface area contributed by atoms with Crippen molar-refractivity contribution in [1.29, 1.82) is 0 Å². The van der Waals surface area contributed by atoms with E-state index in [2.05, 4.69) is 4.90 Å². The first-order valence-electron chi connectivity index (χ1n) is 7.32. The summed E-state index contributed by atoms with van der Waals surface area (Å²) in [7, 11) is 1.68. The highest BCUT2D eigenvalue weighted by atomic mass is 16.5. The van der Waals surface area contributed by atoms with Gasteiger partial charge in [0.05, 0.1) is 6.61 Å². The molecule has 1 N–H and O–H groups in total. The molecule has 0 amide bonds. The predicted molar refractivity (Wildman–Crippen MR) is 82.8 cm³/mol. The maximum Gasteiger partial charge on any atom is 0.303 e. The number of benzene rings is 1. The van der Waals surface area contributed by atoms with E-state index in [-0.39, 0.29) is 6.42 Å². The minimum atomic E-state index is -0.751. The van der Waals surface area contributed by atoms with Gasteiger partial charge < -0.3 is 19.5 Å². The quantitative estimate of drug-likeness (QED) is 0.600. The topological polar surface area (TPSA) is 59.0 Å². The average molecular weight is 295 g/mol. The molecule has 1 aromatic rings. The zero-order valence-corrected chi connectivity index (χ0v) is 12.7. The molecule has 0 heterocycles. The molecule has 1 rings (SSSR count). The fourth-order valence-corrected chi connectivity index (χ4v) is 2.01. The fourth-order valence-electron chi connectivity index (χ4n) is 2.01. The Bertz CT molecular complexity index is 383. The molecule has 0 saturated heterocycles. The van der Waals surface area contributed by atoms with E-state index in [9.17, 15) is 4.79 Å². The van der Waals surface area contributed by atoms with Crippen molar-refractivity contribution < 1.29 is 19.4 Å². The third-order valence-electron chi connectivity index (χ3n) is 3.08. The summed E-state index contributed by atoms with van der Waals surface area (Å²) in [4.78, 5) is 12.8. The van der Waals surface area contributed by atoms with Crippen LogP contribution in [0.5, 0.6) is 0 Å². The fraction of sp³-hybridized carbons (Fsp3) is 0.562. The SMILES string of the molecule is COCCCOCCN(CCCC(=O)O)c1ccccc1. The standard InChI is InChI=1S/C16H25NO4/c1-20-12-6-13-21-14-11-17(10-5-9-16(18)19)15-7-3-2-4-8-15/h2-4,7-8H,5-6,9-14H2,1H3,(H,18,19). The van der Waals surface area contributed by atoms with Crippen LogP contribution in [0.1, 0.15) is 19.3 Å². The Morgan fingerprint density at radius 3 is 2.52 bits per heavy atom. The van der Waals surface area contributed by atoms with E-state index in [1.54, 1.807) is 7.11 Å². The van der Waals surface area contributed by atoms with Crippen LogP contribution in [-0.2, 0) is 14.3 Å². The van der Waals surface area contributed by atoms with Crippen molar-refractivity contribution in [3.8, 4) is 0 Å². The number of para-hydroxylation sites is 1. The number of methoxy groups -OCH3 is 1. The summed E-state index contributed by atoms with van der Waals surface area (Å²) in [6.07, 6.45) is 1.72. The number of carboxylic acids is 1. The van der Waals surface area contributed by atoms with E-state index in [1.165, 1.54) is 0 Å². The van der Waals surface area contributed by atoms with Crippen molar-refractivity contribution >= 4 is 11.7 Å². The number of ether oxygens (including phenoxy) is 2. The average Bonchev–Trinajstić information content (AvgIpc) is 2.49. The number of aliphatic carboxylic acids is 1. The van der Waals surface area contributed by atoms with E-state index < -0.39 is 5.97 Å². The smallest absolute Gasteiger partial charge is 0.303 e. The van der Waals surface area contributed by atoms with Crippen LogP contribution in [0.4, 0.5) is 5.69 Å². The lowest BCUT2D eigenvalue weighted by atomic mass is 10.2. The van der Waals surface area contributed by atoms with E-state index in [0.717, 1.165) is 25.2 Å².